The van der Waals surface area contributed by atoms with Crippen LogP contribution in [-0.2, 0) is 6.42 Å². The molecule has 0 aliphatic rings. The van der Waals surface area contributed by atoms with Gasteiger partial charge < -0.3 is 5.32 Å². The van der Waals surface area contributed by atoms with E-state index in [0.717, 1.165) is 21.3 Å². The van der Waals surface area contributed by atoms with Gasteiger partial charge in [0.2, 0.25) is 0 Å². The van der Waals surface area contributed by atoms with Crippen LogP contribution in [0, 0.1) is 6.92 Å². The van der Waals surface area contributed by atoms with Crippen LogP contribution >= 0.6 is 34.5 Å². The second-order valence-electron chi connectivity index (χ2n) is 4.26. The van der Waals surface area contributed by atoms with Gasteiger partial charge in [-0.1, -0.05) is 35.3 Å². The van der Waals surface area contributed by atoms with E-state index < -0.39 is 0 Å². The molecule has 0 radical (unpaired) electrons. The molecule has 2 rings (SSSR count). The lowest BCUT2D eigenvalue weighted by atomic mass is 10.0. The molecule has 0 spiro atoms. The van der Waals surface area contributed by atoms with Crippen LogP contribution < -0.4 is 5.32 Å². The van der Waals surface area contributed by atoms with Crippen molar-refractivity contribution >= 4 is 34.5 Å². The summed E-state index contributed by atoms with van der Waals surface area (Å²) in [6.45, 7) is 2.03. The summed E-state index contributed by atoms with van der Waals surface area (Å²) in [5.74, 6) is 0. The Morgan fingerprint density at radius 3 is 2.56 bits per heavy atom. The van der Waals surface area contributed by atoms with E-state index in [2.05, 4.69) is 23.5 Å². The minimum Gasteiger partial charge on any atom is -0.313 e. The minimum atomic E-state index is 0.288. The first-order valence-corrected chi connectivity index (χ1v) is 7.35. The quantitative estimate of drug-likeness (QED) is 0.849. The van der Waals surface area contributed by atoms with Gasteiger partial charge in [-0.05, 0) is 43.3 Å². The van der Waals surface area contributed by atoms with Gasteiger partial charge in [0.25, 0.3) is 0 Å². The maximum Gasteiger partial charge on any atom is 0.0931 e. The summed E-state index contributed by atoms with van der Waals surface area (Å²) in [4.78, 5) is 1.28. The molecule has 1 nitrogen and oxygen atoms in total. The molecule has 1 heterocycles. The topological polar surface area (TPSA) is 12.0 Å². The molecule has 1 N–H and O–H groups in total. The SMILES string of the molecule is CNC(Cc1ccc(Cl)s1)c1ccc(Cl)c(C)c1. The van der Waals surface area contributed by atoms with Crippen LogP contribution in [0.3, 0.4) is 0 Å². The number of aryl methyl sites for hydroxylation is 1. The van der Waals surface area contributed by atoms with E-state index in [-0.39, 0.29) is 6.04 Å². The highest BCUT2D eigenvalue weighted by molar-refractivity contribution is 7.16. The lowest BCUT2D eigenvalue weighted by Gasteiger charge is -2.16. The zero-order valence-corrected chi connectivity index (χ0v) is 12.7. The predicted octanol–water partition coefficient (Wildman–Crippen LogP) is 4.87. The highest BCUT2D eigenvalue weighted by Crippen LogP contribution is 2.28. The van der Waals surface area contributed by atoms with Crippen LogP contribution in [0.5, 0.6) is 0 Å². The van der Waals surface area contributed by atoms with Gasteiger partial charge >= 0.3 is 0 Å². The summed E-state index contributed by atoms with van der Waals surface area (Å²) in [6, 6.07) is 10.5. The molecule has 0 amide bonds. The summed E-state index contributed by atoms with van der Waals surface area (Å²) in [5, 5.41) is 4.16. The fraction of sp³-hybridized carbons (Fsp3) is 0.286. The van der Waals surface area contributed by atoms with Crippen LogP contribution in [0.25, 0.3) is 0 Å². The molecule has 96 valence electrons. The van der Waals surface area contributed by atoms with Gasteiger partial charge in [0.05, 0.1) is 4.34 Å². The molecule has 1 aromatic heterocycles. The Labute approximate surface area is 122 Å². The molecular formula is C14H15Cl2NS. The first-order valence-electron chi connectivity index (χ1n) is 5.77. The second-order valence-corrected chi connectivity index (χ2v) is 6.47. The fourth-order valence-corrected chi connectivity index (χ4v) is 3.18. The molecule has 0 bridgehead atoms. The van der Waals surface area contributed by atoms with Gasteiger partial charge in [-0.15, -0.1) is 11.3 Å². The zero-order chi connectivity index (χ0) is 13.1. The van der Waals surface area contributed by atoms with Gasteiger partial charge in [-0.3, -0.25) is 0 Å². The van der Waals surface area contributed by atoms with Crippen molar-refractivity contribution in [1.29, 1.82) is 0 Å². The van der Waals surface area contributed by atoms with Crippen LogP contribution in [0.4, 0.5) is 0 Å². The lowest BCUT2D eigenvalue weighted by molar-refractivity contribution is 0.596. The largest absolute Gasteiger partial charge is 0.313 e. The Bertz CT molecular complexity index is 536. The molecule has 1 aromatic carbocycles. The monoisotopic (exact) mass is 299 g/mol. The summed E-state index contributed by atoms with van der Waals surface area (Å²) >= 11 is 13.6. The lowest BCUT2D eigenvalue weighted by Crippen LogP contribution is -2.18. The fourth-order valence-electron chi connectivity index (χ4n) is 1.93. The standard InChI is InChI=1S/C14H15Cl2NS/c1-9-7-10(3-5-12(9)15)13(17-2)8-11-4-6-14(16)18-11/h3-7,13,17H,8H2,1-2H3. The molecule has 0 aliphatic carbocycles. The summed E-state index contributed by atoms with van der Waals surface area (Å²) in [7, 11) is 1.98. The minimum absolute atomic E-state index is 0.288. The number of nitrogens with one attached hydrogen (secondary N) is 1. The predicted molar refractivity (Wildman–Crippen MR) is 81.0 cm³/mol. The first kappa shape index (κ1) is 13.9. The third kappa shape index (κ3) is 3.27. The average Bonchev–Trinajstić information content (AvgIpc) is 2.75. The van der Waals surface area contributed by atoms with Crippen molar-refractivity contribution in [3.05, 3.63) is 55.7 Å². The Hall–Kier alpha value is -0.540. The Kier molecular flexibility index (Phi) is 4.68. The molecule has 0 saturated heterocycles. The van der Waals surface area contributed by atoms with Crippen molar-refractivity contribution in [3.8, 4) is 0 Å². The molecule has 1 unspecified atom stereocenters. The molecule has 18 heavy (non-hydrogen) atoms. The zero-order valence-electron chi connectivity index (χ0n) is 10.3. The number of hydrogen-bond donors (Lipinski definition) is 1. The van der Waals surface area contributed by atoms with E-state index in [9.17, 15) is 0 Å². The van der Waals surface area contributed by atoms with Crippen molar-refractivity contribution in [1.82, 2.24) is 5.32 Å². The van der Waals surface area contributed by atoms with E-state index >= 15 is 0 Å². The number of benzene rings is 1. The van der Waals surface area contributed by atoms with Crippen molar-refractivity contribution in [2.24, 2.45) is 0 Å². The van der Waals surface area contributed by atoms with Crippen LogP contribution in [0.2, 0.25) is 9.36 Å². The van der Waals surface area contributed by atoms with E-state index in [1.54, 1.807) is 11.3 Å². The van der Waals surface area contributed by atoms with E-state index in [0.29, 0.717) is 0 Å². The van der Waals surface area contributed by atoms with Crippen molar-refractivity contribution in [2.75, 3.05) is 7.05 Å². The van der Waals surface area contributed by atoms with Gasteiger partial charge in [-0.2, -0.15) is 0 Å². The van der Waals surface area contributed by atoms with Crippen LogP contribution in [0.15, 0.2) is 30.3 Å². The Balaban J connectivity index is 2.19. The summed E-state index contributed by atoms with van der Waals surface area (Å²) < 4.78 is 0.840. The molecular weight excluding hydrogens is 285 g/mol. The molecule has 0 saturated carbocycles. The maximum atomic E-state index is 6.06. The number of thiophene rings is 1. The number of rotatable bonds is 4. The normalized spacial score (nSPS) is 12.7. The highest BCUT2D eigenvalue weighted by atomic mass is 35.5. The number of likely N-dealkylation sites (N-methyl/N-ethyl adjacent to an activating group) is 1. The number of hydrogen-bond acceptors (Lipinski definition) is 2. The van der Waals surface area contributed by atoms with Crippen molar-refractivity contribution < 1.29 is 0 Å². The Morgan fingerprint density at radius 1 is 1.22 bits per heavy atom. The van der Waals surface area contributed by atoms with Crippen LogP contribution in [-0.4, -0.2) is 7.05 Å². The van der Waals surface area contributed by atoms with Crippen molar-refractivity contribution in [2.45, 2.75) is 19.4 Å². The van der Waals surface area contributed by atoms with Gasteiger partial charge in [0.1, 0.15) is 0 Å². The van der Waals surface area contributed by atoms with E-state index in [1.165, 1.54) is 10.4 Å². The van der Waals surface area contributed by atoms with E-state index in [1.807, 2.05) is 26.1 Å². The average molecular weight is 300 g/mol. The smallest absolute Gasteiger partial charge is 0.0931 e. The molecule has 0 fully saturated rings. The van der Waals surface area contributed by atoms with Crippen molar-refractivity contribution in [3.63, 3.8) is 0 Å². The van der Waals surface area contributed by atoms with Gasteiger partial charge in [-0.25, -0.2) is 0 Å². The molecule has 4 heteroatoms. The Morgan fingerprint density at radius 2 is 2.00 bits per heavy atom. The third-order valence-corrected chi connectivity index (χ3v) is 4.64. The van der Waals surface area contributed by atoms with Gasteiger partial charge in [0, 0.05) is 22.4 Å². The van der Waals surface area contributed by atoms with Gasteiger partial charge in [0.15, 0.2) is 0 Å². The highest BCUT2D eigenvalue weighted by Gasteiger charge is 2.12. The summed E-state index contributed by atoms with van der Waals surface area (Å²) in [5.41, 5.74) is 2.36. The molecule has 2 aromatic rings. The first-order chi connectivity index (χ1) is 8.60. The molecule has 0 aliphatic heterocycles. The van der Waals surface area contributed by atoms with E-state index in [4.69, 9.17) is 23.2 Å². The second kappa shape index (κ2) is 6.07. The third-order valence-electron chi connectivity index (χ3n) is 2.97. The molecule has 1 atom stereocenters. The van der Waals surface area contributed by atoms with Crippen LogP contribution in [0.1, 0.15) is 22.0 Å². The maximum absolute atomic E-state index is 6.06. The number of halogens is 2. The summed E-state index contributed by atoms with van der Waals surface area (Å²) in [6.07, 6.45) is 0.939.